The fraction of sp³-hybridized carbons (Fsp3) is 0. The van der Waals surface area contributed by atoms with E-state index in [0.717, 1.165) is 88.7 Å². The molecule has 6 nitrogen and oxygen atoms in total. The molecule has 6 heteroatoms. The fourth-order valence-electron chi connectivity index (χ4n) is 8.99. The maximum atomic E-state index is 5.37. The van der Waals surface area contributed by atoms with E-state index in [1.165, 1.54) is 5.39 Å². The molecular formula is C56H36N6. The molecule has 0 amide bonds. The number of fused-ring (bicyclic) bond motifs is 6. The van der Waals surface area contributed by atoms with Crippen LogP contribution in [0.25, 0.3) is 112 Å². The van der Waals surface area contributed by atoms with E-state index < -0.39 is 0 Å². The third-order valence-electron chi connectivity index (χ3n) is 11.8. The largest absolute Gasteiger partial charge is 0.308 e. The van der Waals surface area contributed by atoms with Crippen molar-refractivity contribution in [3.05, 3.63) is 218 Å². The van der Waals surface area contributed by atoms with Crippen LogP contribution < -0.4 is 0 Å². The van der Waals surface area contributed by atoms with Crippen LogP contribution in [0.4, 0.5) is 0 Å². The molecule has 0 aliphatic rings. The minimum Gasteiger partial charge on any atom is -0.308 e. The van der Waals surface area contributed by atoms with Gasteiger partial charge in [-0.15, -0.1) is 0 Å². The summed E-state index contributed by atoms with van der Waals surface area (Å²) >= 11 is 0. The maximum absolute atomic E-state index is 5.37. The summed E-state index contributed by atoms with van der Waals surface area (Å²) in [5.41, 5.74) is 13.2. The molecule has 0 spiro atoms. The molecule has 0 saturated carbocycles. The van der Waals surface area contributed by atoms with Crippen LogP contribution in [0.15, 0.2) is 218 Å². The molecule has 12 aromatic rings. The van der Waals surface area contributed by atoms with Gasteiger partial charge in [0.15, 0.2) is 11.6 Å². The quantitative estimate of drug-likeness (QED) is 0.161. The number of para-hydroxylation sites is 3. The van der Waals surface area contributed by atoms with Gasteiger partial charge in [0.1, 0.15) is 0 Å². The normalized spacial score (nSPS) is 11.5. The standard InChI is InChI=1S/C56H36N6/c1-4-19-37(20-5-1)40-25-10-11-28-43(40)55-58-54(39-23-8-3-9-24-39)59-56(60-55)62-50-33-16-13-27-42(50)46-35-45-41-26-12-15-32-49(41)61(52(45)36-53(46)62)51-34-17-14-29-44(51)48-31-18-30-47(57-48)38-21-6-2-7-22-38/h1-36H. The molecule has 0 bridgehead atoms. The number of aromatic nitrogens is 6. The van der Waals surface area contributed by atoms with Gasteiger partial charge in [-0.05, 0) is 53.6 Å². The molecule has 0 unspecified atom stereocenters. The molecule has 4 heterocycles. The molecule has 12 rings (SSSR count). The van der Waals surface area contributed by atoms with E-state index in [2.05, 4.69) is 197 Å². The smallest absolute Gasteiger partial charge is 0.238 e. The second-order valence-corrected chi connectivity index (χ2v) is 15.4. The summed E-state index contributed by atoms with van der Waals surface area (Å²) in [7, 11) is 0. The SMILES string of the molecule is c1ccc(-c2cccc(-c3ccccc3-n3c4ccccc4c4cc5c6ccccc6n(-c6nc(-c7ccccc7)nc(-c7ccccc7-c7ccccc7)n6)c5cc43)n2)cc1. The summed E-state index contributed by atoms with van der Waals surface area (Å²) in [6, 6.07) is 76.1. The van der Waals surface area contributed by atoms with Crippen LogP contribution in [0.2, 0.25) is 0 Å². The van der Waals surface area contributed by atoms with Crippen molar-refractivity contribution in [1.82, 2.24) is 29.1 Å². The number of nitrogens with zero attached hydrogens (tertiary/aromatic N) is 6. The zero-order valence-electron chi connectivity index (χ0n) is 33.5. The van der Waals surface area contributed by atoms with Gasteiger partial charge in [-0.25, -0.2) is 9.97 Å². The van der Waals surface area contributed by atoms with Crippen molar-refractivity contribution in [3.8, 4) is 68.1 Å². The second kappa shape index (κ2) is 14.7. The summed E-state index contributed by atoms with van der Waals surface area (Å²) in [5, 5.41) is 4.58. The Labute approximate surface area is 357 Å². The summed E-state index contributed by atoms with van der Waals surface area (Å²) in [4.78, 5) is 21.1. The van der Waals surface area contributed by atoms with Gasteiger partial charge in [-0.1, -0.05) is 176 Å². The fourth-order valence-corrected chi connectivity index (χ4v) is 8.99. The van der Waals surface area contributed by atoms with E-state index in [9.17, 15) is 0 Å². The molecule has 0 N–H and O–H groups in total. The molecule has 0 aliphatic carbocycles. The van der Waals surface area contributed by atoms with Gasteiger partial charge in [0, 0.05) is 43.8 Å². The number of hydrogen-bond donors (Lipinski definition) is 0. The summed E-state index contributed by atoms with van der Waals surface area (Å²) in [5.74, 6) is 1.76. The third kappa shape index (κ3) is 5.88. The molecule has 62 heavy (non-hydrogen) atoms. The lowest BCUT2D eigenvalue weighted by Gasteiger charge is -2.15. The first-order chi connectivity index (χ1) is 30.8. The Hall–Kier alpha value is -8.48. The molecule has 0 fully saturated rings. The van der Waals surface area contributed by atoms with Gasteiger partial charge < -0.3 is 4.57 Å². The van der Waals surface area contributed by atoms with Crippen LogP contribution in [0.5, 0.6) is 0 Å². The Morgan fingerprint density at radius 2 is 0.790 bits per heavy atom. The van der Waals surface area contributed by atoms with E-state index in [-0.39, 0.29) is 0 Å². The summed E-state index contributed by atoms with van der Waals surface area (Å²) < 4.78 is 4.61. The molecular weight excluding hydrogens is 757 g/mol. The summed E-state index contributed by atoms with van der Waals surface area (Å²) in [6.07, 6.45) is 0. The maximum Gasteiger partial charge on any atom is 0.238 e. The number of hydrogen-bond acceptors (Lipinski definition) is 4. The first-order valence-corrected chi connectivity index (χ1v) is 20.8. The average molecular weight is 793 g/mol. The van der Waals surface area contributed by atoms with Crippen LogP contribution in [0, 0.1) is 0 Å². The van der Waals surface area contributed by atoms with Crippen molar-refractivity contribution in [1.29, 1.82) is 0 Å². The van der Waals surface area contributed by atoms with Crippen molar-refractivity contribution in [3.63, 3.8) is 0 Å². The van der Waals surface area contributed by atoms with Gasteiger partial charge in [0.05, 0.1) is 39.1 Å². The minimum atomic E-state index is 0.548. The van der Waals surface area contributed by atoms with Crippen molar-refractivity contribution in [2.45, 2.75) is 0 Å². The highest BCUT2D eigenvalue weighted by Crippen LogP contribution is 2.41. The lowest BCUT2D eigenvalue weighted by atomic mass is 9.99. The van der Waals surface area contributed by atoms with Crippen molar-refractivity contribution in [2.75, 3.05) is 0 Å². The van der Waals surface area contributed by atoms with E-state index in [1.807, 2.05) is 30.3 Å². The van der Waals surface area contributed by atoms with Crippen molar-refractivity contribution in [2.24, 2.45) is 0 Å². The summed E-state index contributed by atoms with van der Waals surface area (Å²) in [6.45, 7) is 0. The number of rotatable bonds is 7. The number of benzene rings is 8. The molecule has 0 saturated heterocycles. The number of pyridine rings is 1. The average Bonchev–Trinajstić information content (AvgIpc) is 3.85. The van der Waals surface area contributed by atoms with E-state index in [4.69, 9.17) is 19.9 Å². The zero-order chi connectivity index (χ0) is 41.0. The topological polar surface area (TPSA) is 61.4 Å². The minimum absolute atomic E-state index is 0.548. The second-order valence-electron chi connectivity index (χ2n) is 15.4. The first-order valence-electron chi connectivity index (χ1n) is 20.8. The van der Waals surface area contributed by atoms with Crippen LogP contribution in [-0.4, -0.2) is 29.1 Å². The highest BCUT2D eigenvalue weighted by molar-refractivity contribution is 6.19. The van der Waals surface area contributed by atoms with Gasteiger partial charge in [0.2, 0.25) is 5.95 Å². The predicted octanol–water partition coefficient (Wildman–Crippen LogP) is 13.8. The molecule has 290 valence electrons. The predicted molar refractivity (Wildman–Crippen MR) is 253 cm³/mol. The Morgan fingerprint density at radius 3 is 1.50 bits per heavy atom. The monoisotopic (exact) mass is 792 g/mol. The lowest BCUT2D eigenvalue weighted by Crippen LogP contribution is -2.07. The lowest BCUT2D eigenvalue weighted by molar-refractivity contribution is 0.954. The van der Waals surface area contributed by atoms with Crippen molar-refractivity contribution < 1.29 is 0 Å². The van der Waals surface area contributed by atoms with E-state index >= 15 is 0 Å². The Bertz CT molecular complexity index is 3630. The van der Waals surface area contributed by atoms with Gasteiger partial charge >= 0.3 is 0 Å². The van der Waals surface area contributed by atoms with Gasteiger partial charge in [-0.2, -0.15) is 9.97 Å². The van der Waals surface area contributed by atoms with Crippen LogP contribution in [-0.2, 0) is 0 Å². The zero-order valence-corrected chi connectivity index (χ0v) is 33.5. The van der Waals surface area contributed by atoms with E-state index in [0.29, 0.717) is 17.6 Å². The van der Waals surface area contributed by atoms with Crippen LogP contribution >= 0.6 is 0 Å². The van der Waals surface area contributed by atoms with Gasteiger partial charge in [0.25, 0.3) is 0 Å². The Balaban J connectivity index is 1.14. The molecule has 0 atom stereocenters. The molecule has 0 aliphatic heterocycles. The molecule has 0 radical (unpaired) electrons. The first kappa shape index (κ1) is 35.5. The Kier molecular flexibility index (Phi) is 8.38. The van der Waals surface area contributed by atoms with Crippen molar-refractivity contribution >= 4 is 43.6 Å². The Morgan fingerprint density at radius 1 is 0.274 bits per heavy atom. The van der Waals surface area contributed by atoms with Crippen LogP contribution in [0.1, 0.15) is 0 Å². The third-order valence-corrected chi connectivity index (χ3v) is 11.8. The molecule has 8 aromatic carbocycles. The highest BCUT2D eigenvalue weighted by Gasteiger charge is 2.23. The van der Waals surface area contributed by atoms with Gasteiger partial charge in [-0.3, -0.25) is 4.57 Å². The van der Waals surface area contributed by atoms with Crippen LogP contribution in [0.3, 0.4) is 0 Å². The molecule has 4 aromatic heterocycles. The van der Waals surface area contributed by atoms with E-state index in [1.54, 1.807) is 0 Å². The highest BCUT2D eigenvalue weighted by atomic mass is 15.2.